The number of aromatic nitrogens is 1. The summed E-state index contributed by atoms with van der Waals surface area (Å²) in [5.74, 6) is 0.677. The molecule has 1 unspecified atom stereocenters. The first kappa shape index (κ1) is 12.6. The summed E-state index contributed by atoms with van der Waals surface area (Å²) in [6.07, 6.45) is 1.65. The number of pyridine rings is 1. The lowest BCUT2D eigenvalue weighted by molar-refractivity contribution is -0.124. The Morgan fingerprint density at radius 1 is 1.72 bits per heavy atom. The van der Waals surface area contributed by atoms with E-state index in [2.05, 4.69) is 10.3 Å². The van der Waals surface area contributed by atoms with Crippen molar-refractivity contribution in [3.63, 3.8) is 0 Å². The van der Waals surface area contributed by atoms with Crippen molar-refractivity contribution in [1.29, 1.82) is 0 Å². The van der Waals surface area contributed by atoms with Crippen molar-refractivity contribution in [2.75, 3.05) is 36.9 Å². The number of likely N-dealkylation sites (N-methyl/N-ethyl adjacent to an activating group) is 1. The van der Waals surface area contributed by atoms with E-state index in [0.717, 1.165) is 5.82 Å². The molecular formula is C12H18N4O2. The lowest BCUT2D eigenvalue weighted by Gasteiger charge is -2.35. The van der Waals surface area contributed by atoms with Gasteiger partial charge in [0.1, 0.15) is 11.9 Å². The molecule has 0 aliphatic carbocycles. The molecule has 1 saturated heterocycles. The standard InChI is InChI=1S/C12H18N4O2/c1-2-14-12(17)10-8-18-6-5-16(10)11-7-9(13)3-4-15-11/h3-4,7,10H,2,5-6,8H2,1H3,(H2,13,15)(H,14,17). The molecule has 0 saturated carbocycles. The minimum absolute atomic E-state index is 0.0403. The first-order chi connectivity index (χ1) is 8.72. The van der Waals surface area contributed by atoms with Crippen molar-refractivity contribution >= 4 is 17.4 Å². The Balaban J connectivity index is 2.20. The first-order valence-electron chi connectivity index (χ1n) is 6.06. The van der Waals surface area contributed by atoms with E-state index >= 15 is 0 Å². The summed E-state index contributed by atoms with van der Waals surface area (Å²) in [5.41, 5.74) is 6.39. The van der Waals surface area contributed by atoms with Crippen molar-refractivity contribution in [3.05, 3.63) is 18.3 Å². The second-order valence-electron chi connectivity index (χ2n) is 4.13. The zero-order valence-corrected chi connectivity index (χ0v) is 10.4. The summed E-state index contributed by atoms with van der Waals surface area (Å²) in [6.45, 7) is 4.10. The Kier molecular flexibility index (Phi) is 3.99. The number of carbonyl (C=O) groups is 1. The van der Waals surface area contributed by atoms with Gasteiger partial charge in [-0.25, -0.2) is 4.98 Å². The normalized spacial score (nSPS) is 19.6. The summed E-state index contributed by atoms with van der Waals surface area (Å²) in [6, 6.07) is 3.16. The molecule has 1 aliphatic rings. The predicted molar refractivity (Wildman–Crippen MR) is 69.3 cm³/mol. The highest BCUT2D eigenvalue weighted by Gasteiger charge is 2.29. The van der Waals surface area contributed by atoms with Crippen LogP contribution >= 0.6 is 0 Å². The lowest BCUT2D eigenvalue weighted by Crippen LogP contribution is -2.54. The quantitative estimate of drug-likeness (QED) is 0.789. The molecule has 0 spiro atoms. The third-order valence-electron chi connectivity index (χ3n) is 2.85. The van der Waals surface area contributed by atoms with Gasteiger partial charge in [0.15, 0.2) is 0 Å². The summed E-state index contributed by atoms with van der Waals surface area (Å²) in [5, 5.41) is 2.81. The van der Waals surface area contributed by atoms with Crippen LogP contribution in [-0.4, -0.2) is 43.2 Å². The van der Waals surface area contributed by atoms with Gasteiger partial charge in [0.2, 0.25) is 5.91 Å². The fraction of sp³-hybridized carbons (Fsp3) is 0.500. The van der Waals surface area contributed by atoms with Crippen LogP contribution in [0.2, 0.25) is 0 Å². The molecule has 6 nitrogen and oxygen atoms in total. The molecule has 1 amide bonds. The first-order valence-corrected chi connectivity index (χ1v) is 6.06. The number of ether oxygens (including phenoxy) is 1. The molecule has 3 N–H and O–H groups in total. The SMILES string of the molecule is CCNC(=O)C1COCCN1c1cc(N)ccn1. The summed E-state index contributed by atoms with van der Waals surface area (Å²) in [7, 11) is 0. The highest BCUT2D eigenvalue weighted by atomic mass is 16.5. The molecule has 1 fully saturated rings. The van der Waals surface area contributed by atoms with Crippen LogP contribution in [0.1, 0.15) is 6.92 Å². The number of amides is 1. The highest BCUT2D eigenvalue weighted by Crippen LogP contribution is 2.19. The topological polar surface area (TPSA) is 80.5 Å². The number of nitrogens with zero attached hydrogens (tertiary/aromatic N) is 2. The van der Waals surface area contributed by atoms with Crippen LogP contribution < -0.4 is 16.0 Å². The number of hydrogen-bond donors (Lipinski definition) is 2. The summed E-state index contributed by atoms with van der Waals surface area (Å²) in [4.78, 5) is 18.2. The number of rotatable bonds is 3. The monoisotopic (exact) mass is 250 g/mol. The van der Waals surface area contributed by atoms with E-state index in [-0.39, 0.29) is 11.9 Å². The van der Waals surface area contributed by atoms with Crippen LogP contribution in [0.5, 0.6) is 0 Å². The molecule has 6 heteroatoms. The Hall–Kier alpha value is -1.82. The number of morpholine rings is 1. The Bertz CT molecular complexity index is 424. The van der Waals surface area contributed by atoms with E-state index in [4.69, 9.17) is 10.5 Å². The van der Waals surface area contributed by atoms with Crippen molar-refractivity contribution in [2.24, 2.45) is 0 Å². The van der Waals surface area contributed by atoms with Crippen LogP contribution in [0.4, 0.5) is 11.5 Å². The average molecular weight is 250 g/mol. The number of nitrogens with one attached hydrogen (secondary N) is 1. The van der Waals surface area contributed by atoms with Crippen molar-refractivity contribution in [1.82, 2.24) is 10.3 Å². The molecule has 0 aromatic carbocycles. The maximum absolute atomic E-state index is 12.0. The van der Waals surface area contributed by atoms with E-state index in [1.807, 2.05) is 11.8 Å². The third kappa shape index (κ3) is 2.70. The van der Waals surface area contributed by atoms with Gasteiger partial charge >= 0.3 is 0 Å². The van der Waals surface area contributed by atoms with Gasteiger partial charge in [-0.05, 0) is 13.0 Å². The second-order valence-corrected chi connectivity index (χ2v) is 4.13. The Labute approximate surface area is 106 Å². The van der Waals surface area contributed by atoms with Crippen molar-refractivity contribution in [3.8, 4) is 0 Å². The Morgan fingerprint density at radius 2 is 2.56 bits per heavy atom. The van der Waals surface area contributed by atoms with Crippen molar-refractivity contribution < 1.29 is 9.53 Å². The van der Waals surface area contributed by atoms with Crippen LogP contribution in [0.15, 0.2) is 18.3 Å². The molecule has 0 bridgehead atoms. The van der Waals surface area contributed by atoms with E-state index in [1.165, 1.54) is 0 Å². The fourth-order valence-electron chi connectivity index (χ4n) is 1.98. The van der Waals surface area contributed by atoms with Crippen LogP contribution in [0.3, 0.4) is 0 Å². The smallest absolute Gasteiger partial charge is 0.245 e. The molecule has 1 aromatic rings. The van der Waals surface area contributed by atoms with E-state index in [0.29, 0.717) is 32.0 Å². The van der Waals surface area contributed by atoms with E-state index in [1.54, 1.807) is 18.3 Å². The van der Waals surface area contributed by atoms with Crippen LogP contribution in [-0.2, 0) is 9.53 Å². The van der Waals surface area contributed by atoms with Crippen LogP contribution in [0, 0.1) is 0 Å². The van der Waals surface area contributed by atoms with Gasteiger partial charge in [-0.3, -0.25) is 4.79 Å². The zero-order valence-electron chi connectivity index (χ0n) is 10.4. The maximum Gasteiger partial charge on any atom is 0.245 e. The minimum atomic E-state index is -0.340. The molecule has 0 radical (unpaired) electrons. The molecule has 2 rings (SSSR count). The molecule has 1 atom stereocenters. The van der Waals surface area contributed by atoms with Gasteiger partial charge in [-0.1, -0.05) is 0 Å². The average Bonchev–Trinajstić information content (AvgIpc) is 2.39. The Morgan fingerprint density at radius 3 is 3.28 bits per heavy atom. The van der Waals surface area contributed by atoms with Gasteiger partial charge in [0.05, 0.1) is 13.2 Å². The molecule has 1 aromatic heterocycles. The van der Waals surface area contributed by atoms with E-state index < -0.39 is 0 Å². The number of anilines is 2. The lowest BCUT2D eigenvalue weighted by atomic mass is 10.2. The van der Waals surface area contributed by atoms with Crippen LogP contribution in [0.25, 0.3) is 0 Å². The van der Waals surface area contributed by atoms with Gasteiger partial charge in [-0.15, -0.1) is 0 Å². The van der Waals surface area contributed by atoms with Crippen molar-refractivity contribution in [2.45, 2.75) is 13.0 Å². The molecule has 1 aliphatic heterocycles. The second kappa shape index (κ2) is 5.68. The van der Waals surface area contributed by atoms with Gasteiger partial charge in [0.25, 0.3) is 0 Å². The third-order valence-corrected chi connectivity index (χ3v) is 2.85. The van der Waals surface area contributed by atoms with Gasteiger partial charge in [0, 0.05) is 31.0 Å². The number of nitrogens with two attached hydrogens (primary N) is 1. The largest absolute Gasteiger partial charge is 0.399 e. The number of nitrogen functional groups attached to an aromatic ring is 1. The maximum atomic E-state index is 12.0. The zero-order chi connectivity index (χ0) is 13.0. The summed E-state index contributed by atoms with van der Waals surface area (Å²) >= 11 is 0. The number of hydrogen-bond acceptors (Lipinski definition) is 5. The summed E-state index contributed by atoms with van der Waals surface area (Å²) < 4.78 is 5.37. The molecular weight excluding hydrogens is 232 g/mol. The number of carbonyl (C=O) groups excluding carboxylic acids is 1. The van der Waals surface area contributed by atoms with E-state index in [9.17, 15) is 4.79 Å². The highest BCUT2D eigenvalue weighted by molar-refractivity contribution is 5.85. The van der Waals surface area contributed by atoms with Gasteiger partial charge < -0.3 is 20.7 Å². The van der Waals surface area contributed by atoms with Gasteiger partial charge in [-0.2, -0.15) is 0 Å². The minimum Gasteiger partial charge on any atom is -0.399 e. The predicted octanol–water partition coefficient (Wildman–Crippen LogP) is 0.00510. The molecule has 18 heavy (non-hydrogen) atoms. The molecule has 2 heterocycles. The fourth-order valence-corrected chi connectivity index (χ4v) is 1.98. The molecule has 98 valence electrons.